The third-order valence-electron chi connectivity index (χ3n) is 4.69. The summed E-state index contributed by atoms with van der Waals surface area (Å²) in [5.74, 6) is 3.74. The van der Waals surface area contributed by atoms with Crippen molar-refractivity contribution in [3.8, 4) is 5.75 Å². The van der Waals surface area contributed by atoms with Crippen LogP contribution in [0.15, 0.2) is 29.3 Å². The number of aromatic nitrogens is 3. The maximum atomic E-state index is 5.72. The van der Waals surface area contributed by atoms with Crippen molar-refractivity contribution in [2.75, 3.05) is 19.7 Å². The molecule has 0 bridgehead atoms. The van der Waals surface area contributed by atoms with Crippen LogP contribution < -0.4 is 15.4 Å². The minimum atomic E-state index is 0. The number of halogens is 1. The lowest BCUT2D eigenvalue weighted by atomic mass is 10.1. The van der Waals surface area contributed by atoms with E-state index in [-0.39, 0.29) is 24.0 Å². The molecule has 1 atom stereocenters. The Labute approximate surface area is 190 Å². The summed E-state index contributed by atoms with van der Waals surface area (Å²) in [6.07, 6.45) is 3.89. The summed E-state index contributed by atoms with van der Waals surface area (Å²) in [6.45, 7) is 9.31. The average molecular weight is 512 g/mol. The Balaban J connectivity index is 0.00000300. The number of hydrogen-bond donors (Lipinski definition) is 2. The molecule has 3 rings (SSSR count). The third kappa shape index (κ3) is 7.17. The summed E-state index contributed by atoms with van der Waals surface area (Å²) >= 11 is 0. The molecule has 0 saturated heterocycles. The monoisotopic (exact) mass is 512 g/mol. The molecule has 1 aliphatic heterocycles. The highest BCUT2D eigenvalue weighted by Gasteiger charge is 2.21. The van der Waals surface area contributed by atoms with Gasteiger partial charge < -0.3 is 15.4 Å². The molecular formula is C21H33IN6O. The van der Waals surface area contributed by atoms with E-state index in [1.165, 1.54) is 5.56 Å². The predicted molar refractivity (Wildman–Crippen MR) is 127 cm³/mol. The number of benzene rings is 1. The fraction of sp³-hybridized carbons (Fsp3) is 0.571. The van der Waals surface area contributed by atoms with E-state index < -0.39 is 0 Å². The van der Waals surface area contributed by atoms with Crippen LogP contribution in [0.3, 0.4) is 0 Å². The number of aryl methyl sites for hydroxylation is 2. The van der Waals surface area contributed by atoms with Crippen molar-refractivity contribution in [1.82, 2.24) is 25.4 Å². The standard InChI is InChI=1S/C21H32N6O.HI/c1-4-13-28-19-8-6-7-17(14-19)11-12-23-21(22-5-2)25-18-9-10-20-24-16(3)26-27(20)15-18;/h6-8,14,18H,4-5,9-13,15H2,1-3H3,(H2,22,23,25);1H. The molecule has 160 valence electrons. The quantitative estimate of drug-likeness (QED) is 0.323. The molecule has 0 spiro atoms. The van der Waals surface area contributed by atoms with Crippen LogP contribution in [0.1, 0.15) is 43.9 Å². The van der Waals surface area contributed by atoms with Crippen LogP contribution in [0.2, 0.25) is 0 Å². The Kier molecular flexibility index (Phi) is 9.69. The Hall–Kier alpha value is -1.84. The first-order valence-electron chi connectivity index (χ1n) is 10.3. The van der Waals surface area contributed by atoms with Crippen LogP contribution in [-0.4, -0.2) is 46.5 Å². The molecule has 2 aromatic rings. The van der Waals surface area contributed by atoms with Crippen molar-refractivity contribution in [3.05, 3.63) is 41.5 Å². The molecule has 0 saturated carbocycles. The Bertz CT molecular complexity index is 791. The van der Waals surface area contributed by atoms with Crippen molar-refractivity contribution in [2.45, 2.75) is 59.0 Å². The molecule has 1 unspecified atom stereocenters. The number of ether oxygens (including phenoxy) is 1. The third-order valence-corrected chi connectivity index (χ3v) is 4.69. The number of fused-ring (bicyclic) bond motifs is 1. The number of guanidine groups is 1. The Morgan fingerprint density at radius 1 is 1.34 bits per heavy atom. The molecule has 1 aliphatic rings. The zero-order valence-electron chi connectivity index (χ0n) is 17.6. The van der Waals surface area contributed by atoms with Crippen LogP contribution in [0.25, 0.3) is 0 Å². The second-order valence-electron chi connectivity index (χ2n) is 7.14. The maximum Gasteiger partial charge on any atom is 0.191 e. The van der Waals surface area contributed by atoms with Gasteiger partial charge in [0.2, 0.25) is 0 Å². The fourth-order valence-electron chi connectivity index (χ4n) is 3.37. The van der Waals surface area contributed by atoms with Crippen molar-refractivity contribution in [1.29, 1.82) is 0 Å². The predicted octanol–water partition coefficient (Wildman–Crippen LogP) is 3.11. The van der Waals surface area contributed by atoms with Crippen LogP contribution in [0.4, 0.5) is 0 Å². The lowest BCUT2D eigenvalue weighted by Crippen LogP contribution is -2.47. The summed E-state index contributed by atoms with van der Waals surface area (Å²) in [5.41, 5.74) is 1.24. The smallest absolute Gasteiger partial charge is 0.191 e. The highest BCUT2D eigenvalue weighted by Crippen LogP contribution is 2.15. The van der Waals surface area contributed by atoms with Gasteiger partial charge in [0.15, 0.2) is 5.96 Å². The normalized spacial score (nSPS) is 16.0. The summed E-state index contributed by atoms with van der Waals surface area (Å²) in [6, 6.07) is 8.62. The molecule has 2 heterocycles. The highest BCUT2D eigenvalue weighted by molar-refractivity contribution is 14.0. The average Bonchev–Trinajstić information content (AvgIpc) is 3.06. The lowest BCUT2D eigenvalue weighted by molar-refractivity contribution is 0.317. The minimum absolute atomic E-state index is 0. The SMILES string of the molecule is CCCOc1cccc(CCN=C(NCC)NC2CCc3nc(C)nn3C2)c1.I. The van der Waals surface area contributed by atoms with E-state index >= 15 is 0 Å². The van der Waals surface area contributed by atoms with E-state index in [1.54, 1.807) is 0 Å². The van der Waals surface area contributed by atoms with Gasteiger partial charge in [-0.15, -0.1) is 24.0 Å². The van der Waals surface area contributed by atoms with Gasteiger partial charge in [0.25, 0.3) is 0 Å². The van der Waals surface area contributed by atoms with Gasteiger partial charge in [-0.1, -0.05) is 19.1 Å². The molecule has 0 radical (unpaired) electrons. The Morgan fingerprint density at radius 2 is 2.21 bits per heavy atom. The number of aliphatic imine (C=N–C) groups is 1. The molecule has 0 fully saturated rings. The molecule has 1 aromatic carbocycles. The number of hydrogen-bond acceptors (Lipinski definition) is 4. The Morgan fingerprint density at radius 3 is 3.00 bits per heavy atom. The van der Waals surface area contributed by atoms with Gasteiger partial charge in [-0.2, -0.15) is 5.10 Å². The largest absolute Gasteiger partial charge is 0.494 e. The second kappa shape index (κ2) is 12.0. The number of nitrogens with zero attached hydrogens (tertiary/aromatic N) is 4. The molecule has 29 heavy (non-hydrogen) atoms. The van der Waals surface area contributed by atoms with E-state index in [0.29, 0.717) is 6.04 Å². The molecule has 0 amide bonds. The van der Waals surface area contributed by atoms with E-state index in [4.69, 9.17) is 9.73 Å². The van der Waals surface area contributed by atoms with E-state index in [2.05, 4.69) is 46.7 Å². The van der Waals surface area contributed by atoms with Crippen LogP contribution in [0.5, 0.6) is 5.75 Å². The molecule has 7 nitrogen and oxygen atoms in total. The van der Waals surface area contributed by atoms with Gasteiger partial charge in [0, 0.05) is 25.6 Å². The summed E-state index contributed by atoms with van der Waals surface area (Å²) in [7, 11) is 0. The molecule has 1 aromatic heterocycles. The first-order chi connectivity index (χ1) is 13.7. The summed E-state index contributed by atoms with van der Waals surface area (Å²) < 4.78 is 7.73. The van der Waals surface area contributed by atoms with Gasteiger partial charge in [-0.05, 0) is 50.8 Å². The first-order valence-corrected chi connectivity index (χ1v) is 10.3. The number of nitrogens with one attached hydrogen (secondary N) is 2. The van der Waals surface area contributed by atoms with Gasteiger partial charge in [0.05, 0.1) is 13.2 Å². The van der Waals surface area contributed by atoms with Crippen molar-refractivity contribution in [2.24, 2.45) is 4.99 Å². The lowest BCUT2D eigenvalue weighted by Gasteiger charge is -2.25. The van der Waals surface area contributed by atoms with Crippen molar-refractivity contribution < 1.29 is 4.74 Å². The zero-order valence-corrected chi connectivity index (χ0v) is 20.0. The maximum absolute atomic E-state index is 5.72. The van der Waals surface area contributed by atoms with Gasteiger partial charge >= 0.3 is 0 Å². The summed E-state index contributed by atoms with van der Waals surface area (Å²) in [5, 5.41) is 11.4. The van der Waals surface area contributed by atoms with Gasteiger partial charge in [0.1, 0.15) is 17.4 Å². The fourth-order valence-corrected chi connectivity index (χ4v) is 3.37. The topological polar surface area (TPSA) is 76.4 Å². The second-order valence-corrected chi connectivity index (χ2v) is 7.14. The van der Waals surface area contributed by atoms with Crippen molar-refractivity contribution >= 4 is 29.9 Å². The minimum Gasteiger partial charge on any atom is -0.494 e. The van der Waals surface area contributed by atoms with Gasteiger partial charge in [-0.3, -0.25) is 4.99 Å². The van der Waals surface area contributed by atoms with E-state index in [9.17, 15) is 0 Å². The zero-order chi connectivity index (χ0) is 19.8. The summed E-state index contributed by atoms with van der Waals surface area (Å²) in [4.78, 5) is 9.24. The van der Waals surface area contributed by atoms with Crippen LogP contribution in [0, 0.1) is 6.92 Å². The molecular weight excluding hydrogens is 479 g/mol. The molecule has 8 heteroatoms. The van der Waals surface area contributed by atoms with E-state index in [1.807, 2.05) is 23.7 Å². The van der Waals surface area contributed by atoms with Crippen LogP contribution >= 0.6 is 24.0 Å². The molecule has 0 aliphatic carbocycles. The first kappa shape index (κ1) is 23.4. The number of rotatable bonds is 8. The van der Waals surface area contributed by atoms with Crippen molar-refractivity contribution in [3.63, 3.8) is 0 Å². The molecule has 2 N–H and O–H groups in total. The highest BCUT2D eigenvalue weighted by atomic mass is 127. The van der Waals surface area contributed by atoms with Gasteiger partial charge in [-0.25, -0.2) is 9.67 Å². The van der Waals surface area contributed by atoms with Crippen LogP contribution in [-0.2, 0) is 19.4 Å². The van der Waals surface area contributed by atoms with E-state index in [0.717, 1.165) is 75.3 Å².